The number of ether oxygens (including phenoxy) is 1. The van der Waals surface area contributed by atoms with Gasteiger partial charge in [0.15, 0.2) is 0 Å². The van der Waals surface area contributed by atoms with Crippen molar-refractivity contribution in [2.24, 2.45) is 11.8 Å². The summed E-state index contributed by atoms with van der Waals surface area (Å²) in [5.74, 6) is -1.09. The number of rotatable bonds is 6. The first kappa shape index (κ1) is 15.5. The number of hydrogen-bond acceptors (Lipinski definition) is 4. The maximum Gasteiger partial charge on any atom is 0.695 e. The fourth-order valence-electron chi connectivity index (χ4n) is 1.76. The molecule has 1 unspecified atom stereocenters. The van der Waals surface area contributed by atoms with Crippen molar-refractivity contribution >= 4 is 14.2 Å². The van der Waals surface area contributed by atoms with Gasteiger partial charge in [0.05, 0.1) is 6.61 Å². The molecule has 0 aromatic carbocycles. The van der Waals surface area contributed by atoms with E-state index < -0.39 is 19.8 Å². The molecular formula is C10H20O5P+. The highest BCUT2D eigenvalue weighted by Gasteiger charge is 2.54. The molecule has 94 valence electrons. The molecule has 0 aromatic heterocycles. The Labute approximate surface area is 97.1 Å². The van der Waals surface area contributed by atoms with Crippen LogP contribution in [0.1, 0.15) is 34.6 Å². The monoisotopic (exact) mass is 251 g/mol. The van der Waals surface area contributed by atoms with Crippen LogP contribution in [0, 0.1) is 11.8 Å². The molecule has 0 heterocycles. The maximum absolute atomic E-state index is 11.9. The molecule has 0 rings (SSSR count). The van der Waals surface area contributed by atoms with Crippen molar-refractivity contribution in [3.63, 3.8) is 0 Å². The van der Waals surface area contributed by atoms with Crippen LogP contribution >= 0.6 is 8.25 Å². The first-order valence-electron chi connectivity index (χ1n) is 5.31. The second-order valence-electron chi connectivity index (χ2n) is 4.15. The Bertz CT molecular complexity index is 254. The summed E-state index contributed by atoms with van der Waals surface area (Å²) in [6, 6.07) is 0. The average molecular weight is 251 g/mol. The van der Waals surface area contributed by atoms with Gasteiger partial charge in [-0.2, -0.15) is 0 Å². The molecule has 6 heteroatoms. The molecule has 0 amide bonds. The van der Waals surface area contributed by atoms with Crippen LogP contribution in [0.15, 0.2) is 0 Å². The second-order valence-corrected chi connectivity index (χ2v) is 4.81. The van der Waals surface area contributed by atoms with E-state index in [0.717, 1.165) is 0 Å². The fourth-order valence-corrected chi connectivity index (χ4v) is 2.51. The molecule has 0 radical (unpaired) electrons. The third-order valence-corrected chi connectivity index (χ3v) is 3.00. The molecule has 0 bridgehead atoms. The van der Waals surface area contributed by atoms with Gasteiger partial charge in [-0.25, -0.2) is 4.79 Å². The highest BCUT2D eigenvalue weighted by molar-refractivity contribution is 7.32. The molecule has 1 atom stereocenters. The number of esters is 1. The molecule has 0 aromatic rings. The van der Waals surface area contributed by atoms with E-state index in [1.165, 1.54) is 0 Å². The summed E-state index contributed by atoms with van der Waals surface area (Å²) in [4.78, 5) is 20.8. The summed E-state index contributed by atoms with van der Waals surface area (Å²) < 4.78 is 20.7. The number of hydrogen-bond donors (Lipinski definition) is 1. The summed E-state index contributed by atoms with van der Waals surface area (Å²) in [6.45, 7) is 8.94. The Hall–Kier alpha value is -0.510. The normalized spacial score (nSPS) is 13.1. The Morgan fingerprint density at radius 3 is 2.00 bits per heavy atom. The van der Waals surface area contributed by atoms with Gasteiger partial charge in [0.25, 0.3) is 0 Å². The minimum atomic E-state index is -2.85. The van der Waals surface area contributed by atoms with Gasteiger partial charge >= 0.3 is 14.2 Å². The highest BCUT2D eigenvalue weighted by Crippen LogP contribution is 2.39. The molecule has 0 saturated heterocycles. The van der Waals surface area contributed by atoms with Crippen LogP contribution in [-0.4, -0.2) is 23.1 Å². The molecule has 16 heavy (non-hydrogen) atoms. The topological polar surface area (TPSA) is 72.8 Å². The van der Waals surface area contributed by atoms with Crippen molar-refractivity contribution in [3.05, 3.63) is 0 Å². The van der Waals surface area contributed by atoms with Crippen LogP contribution in [0.25, 0.3) is 0 Å². The molecule has 0 fully saturated rings. The van der Waals surface area contributed by atoms with Gasteiger partial charge < -0.3 is 4.74 Å². The quantitative estimate of drug-likeness (QED) is 0.579. The first-order valence-corrected chi connectivity index (χ1v) is 6.44. The van der Waals surface area contributed by atoms with Crippen molar-refractivity contribution in [3.8, 4) is 0 Å². The second kappa shape index (κ2) is 6.28. The van der Waals surface area contributed by atoms with E-state index in [0.29, 0.717) is 0 Å². The number of carbonyl (C=O) groups is 1. The summed E-state index contributed by atoms with van der Waals surface area (Å²) in [5, 5.41) is 0. The van der Waals surface area contributed by atoms with E-state index in [-0.39, 0.29) is 18.4 Å². The minimum absolute atomic E-state index is 0.214. The van der Waals surface area contributed by atoms with Gasteiger partial charge in [-0.1, -0.05) is 32.2 Å². The van der Waals surface area contributed by atoms with Crippen LogP contribution in [0.3, 0.4) is 0 Å². The third kappa shape index (κ3) is 3.24. The SMILES string of the molecule is CCOC(=O)C(O[P+](=O)O)(C(C)C)C(C)C. The lowest BCUT2D eigenvalue weighted by Crippen LogP contribution is -2.50. The van der Waals surface area contributed by atoms with Crippen molar-refractivity contribution in [1.82, 2.24) is 0 Å². The Morgan fingerprint density at radius 2 is 1.75 bits per heavy atom. The zero-order chi connectivity index (χ0) is 12.9. The van der Waals surface area contributed by atoms with Crippen LogP contribution in [0.5, 0.6) is 0 Å². The molecular weight excluding hydrogens is 231 g/mol. The molecule has 0 aliphatic heterocycles. The standard InChI is InChI=1S/C10H19O5P/c1-6-14-9(11)10(7(2)3,8(4)5)15-16(12)13/h7-8H,6H2,1-5H3/p+1. The largest absolute Gasteiger partial charge is 0.695 e. The summed E-state index contributed by atoms with van der Waals surface area (Å²) >= 11 is 0. The molecule has 1 N–H and O–H groups in total. The van der Waals surface area contributed by atoms with Crippen LogP contribution in [0.4, 0.5) is 0 Å². The van der Waals surface area contributed by atoms with Gasteiger partial charge in [-0.3, -0.25) is 0 Å². The highest BCUT2D eigenvalue weighted by atomic mass is 31.1. The Balaban J connectivity index is 5.25. The third-order valence-electron chi connectivity index (χ3n) is 2.54. The van der Waals surface area contributed by atoms with Gasteiger partial charge in [0, 0.05) is 4.57 Å². The predicted molar refractivity (Wildman–Crippen MR) is 60.0 cm³/mol. The summed E-state index contributed by atoms with van der Waals surface area (Å²) in [5.41, 5.74) is -1.36. The van der Waals surface area contributed by atoms with Crippen molar-refractivity contribution in [2.45, 2.75) is 40.2 Å². The fraction of sp³-hybridized carbons (Fsp3) is 0.900. The Morgan fingerprint density at radius 1 is 1.31 bits per heavy atom. The van der Waals surface area contributed by atoms with E-state index in [2.05, 4.69) is 0 Å². The minimum Gasteiger partial charge on any atom is -0.464 e. The molecule has 0 aliphatic rings. The molecule has 0 aliphatic carbocycles. The zero-order valence-corrected chi connectivity index (χ0v) is 11.3. The molecule has 5 nitrogen and oxygen atoms in total. The first-order chi connectivity index (χ1) is 7.28. The van der Waals surface area contributed by atoms with Crippen LogP contribution in [-0.2, 0) is 18.6 Å². The summed E-state index contributed by atoms with van der Waals surface area (Å²) in [7, 11) is -2.85. The lowest BCUT2D eigenvalue weighted by Gasteiger charge is -2.32. The van der Waals surface area contributed by atoms with E-state index in [1.807, 2.05) is 0 Å². The summed E-state index contributed by atoms with van der Waals surface area (Å²) in [6.07, 6.45) is 0. The molecule has 0 saturated carbocycles. The van der Waals surface area contributed by atoms with Crippen molar-refractivity contribution < 1.29 is 23.5 Å². The average Bonchev–Trinajstić information content (AvgIpc) is 2.12. The van der Waals surface area contributed by atoms with E-state index in [9.17, 15) is 9.36 Å². The number of carbonyl (C=O) groups excluding carboxylic acids is 1. The van der Waals surface area contributed by atoms with Gasteiger partial charge in [-0.15, -0.1) is 4.89 Å². The Kier molecular flexibility index (Phi) is 6.08. The zero-order valence-electron chi connectivity index (χ0n) is 10.4. The molecule has 0 spiro atoms. The van der Waals surface area contributed by atoms with Crippen LogP contribution < -0.4 is 0 Å². The van der Waals surface area contributed by atoms with Gasteiger partial charge in [0.2, 0.25) is 5.60 Å². The van der Waals surface area contributed by atoms with E-state index in [4.69, 9.17) is 14.2 Å². The van der Waals surface area contributed by atoms with Crippen molar-refractivity contribution in [2.75, 3.05) is 6.61 Å². The lowest BCUT2D eigenvalue weighted by molar-refractivity contribution is -0.172. The van der Waals surface area contributed by atoms with Crippen LogP contribution in [0.2, 0.25) is 0 Å². The van der Waals surface area contributed by atoms with E-state index >= 15 is 0 Å². The smallest absolute Gasteiger partial charge is 0.464 e. The van der Waals surface area contributed by atoms with E-state index in [1.54, 1.807) is 34.6 Å². The predicted octanol–water partition coefficient (Wildman–Crippen LogP) is 2.27. The van der Waals surface area contributed by atoms with Gasteiger partial charge in [0.1, 0.15) is 0 Å². The maximum atomic E-state index is 11.9. The van der Waals surface area contributed by atoms with Gasteiger partial charge in [-0.05, 0) is 18.8 Å². The lowest BCUT2D eigenvalue weighted by atomic mass is 9.80. The van der Waals surface area contributed by atoms with Crippen molar-refractivity contribution in [1.29, 1.82) is 0 Å².